The number of rotatable bonds is 2. The topological polar surface area (TPSA) is 38.9 Å². The molecule has 0 aliphatic carbocycles. The third-order valence-corrected chi connectivity index (χ3v) is 4.08. The maximum atomic E-state index is 13.7. The number of halogens is 5. The van der Waals surface area contributed by atoms with Crippen molar-refractivity contribution in [2.75, 3.05) is 0 Å². The van der Waals surface area contributed by atoms with Crippen molar-refractivity contribution in [2.24, 2.45) is 5.73 Å². The van der Waals surface area contributed by atoms with E-state index in [-0.39, 0.29) is 22.0 Å². The molecule has 1 heterocycles. The van der Waals surface area contributed by atoms with Crippen molar-refractivity contribution >= 4 is 27.3 Å². The van der Waals surface area contributed by atoms with Crippen LogP contribution in [-0.4, -0.2) is 4.98 Å². The van der Waals surface area contributed by atoms with E-state index in [9.17, 15) is 17.6 Å². The molecule has 0 fully saturated rings. The van der Waals surface area contributed by atoms with Gasteiger partial charge in [-0.2, -0.15) is 13.2 Å². The van der Waals surface area contributed by atoms with Crippen LogP contribution in [0.25, 0.3) is 10.6 Å². The lowest BCUT2D eigenvalue weighted by molar-refractivity contribution is -0.141. The Morgan fingerprint density at radius 1 is 1.32 bits per heavy atom. The van der Waals surface area contributed by atoms with Crippen LogP contribution in [0.2, 0.25) is 0 Å². The molecule has 0 amide bonds. The van der Waals surface area contributed by atoms with Gasteiger partial charge in [-0.25, -0.2) is 9.37 Å². The second kappa shape index (κ2) is 5.18. The molecule has 102 valence electrons. The Kier molecular flexibility index (Phi) is 3.93. The molecule has 0 spiro atoms. The van der Waals surface area contributed by atoms with E-state index in [1.165, 1.54) is 12.1 Å². The van der Waals surface area contributed by atoms with Gasteiger partial charge in [0, 0.05) is 11.0 Å². The highest BCUT2D eigenvalue weighted by Crippen LogP contribution is 2.40. The fourth-order valence-corrected chi connectivity index (χ4v) is 3.20. The molecule has 0 bridgehead atoms. The first kappa shape index (κ1) is 14.4. The molecular weight excluding hydrogens is 348 g/mol. The maximum absolute atomic E-state index is 13.7. The summed E-state index contributed by atoms with van der Waals surface area (Å²) in [7, 11) is 0. The van der Waals surface area contributed by atoms with Crippen molar-refractivity contribution in [1.82, 2.24) is 4.98 Å². The molecule has 1 aromatic carbocycles. The van der Waals surface area contributed by atoms with Crippen LogP contribution in [-0.2, 0) is 12.7 Å². The van der Waals surface area contributed by atoms with Crippen molar-refractivity contribution in [1.29, 1.82) is 0 Å². The first-order valence-electron chi connectivity index (χ1n) is 5.06. The molecule has 0 saturated carbocycles. The molecule has 0 unspecified atom stereocenters. The fourth-order valence-electron chi connectivity index (χ4n) is 1.52. The zero-order valence-electron chi connectivity index (χ0n) is 9.26. The summed E-state index contributed by atoms with van der Waals surface area (Å²) in [5.41, 5.74) is 4.24. The standard InChI is InChI=1S/C11H7BrF4N2S/c12-5-2-1-3-6(13)8(5)10-18-9(11(14,15)16)7(4-17)19-10/h1-3H,4,17H2. The van der Waals surface area contributed by atoms with Crippen LogP contribution in [0.3, 0.4) is 0 Å². The van der Waals surface area contributed by atoms with Gasteiger partial charge in [0.15, 0.2) is 5.69 Å². The summed E-state index contributed by atoms with van der Waals surface area (Å²) in [5.74, 6) is -0.638. The average Bonchev–Trinajstić information content (AvgIpc) is 2.72. The van der Waals surface area contributed by atoms with Gasteiger partial charge in [-0.1, -0.05) is 6.07 Å². The molecule has 0 aliphatic rings. The van der Waals surface area contributed by atoms with Crippen molar-refractivity contribution in [2.45, 2.75) is 12.7 Å². The van der Waals surface area contributed by atoms with Gasteiger partial charge in [-0.3, -0.25) is 0 Å². The summed E-state index contributed by atoms with van der Waals surface area (Å²) >= 11 is 3.85. The van der Waals surface area contributed by atoms with Gasteiger partial charge in [0.1, 0.15) is 10.8 Å². The fraction of sp³-hybridized carbons (Fsp3) is 0.182. The molecular formula is C11H7BrF4N2S. The average molecular weight is 355 g/mol. The first-order valence-corrected chi connectivity index (χ1v) is 6.67. The summed E-state index contributed by atoms with van der Waals surface area (Å²) in [6, 6.07) is 4.15. The van der Waals surface area contributed by atoms with Gasteiger partial charge >= 0.3 is 6.18 Å². The van der Waals surface area contributed by atoms with Crippen molar-refractivity contribution in [3.05, 3.63) is 39.1 Å². The molecule has 0 saturated heterocycles. The summed E-state index contributed by atoms with van der Waals surface area (Å²) < 4.78 is 52.3. The molecule has 8 heteroatoms. The molecule has 0 radical (unpaired) electrons. The van der Waals surface area contributed by atoms with Crippen molar-refractivity contribution in [3.63, 3.8) is 0 Å². The van der Waals surface area contributed by atoms with Crippen LogP contribution >= 0.6 is 27.3 Å². The van der Waals surface area contributed by atoms with Crippen LogP contribution in [0.5, 0.6) is 0 Å². The number of thiazole rings is 1. The quantitative estimate of drug-likeness (QED) is 0.821. The van der Waals surface area contributed by atoms with Gasteiger partial charge in [-0.05, 0) is 28.1 Å². The normalized spacial score (nSPS) is 11.9. The predicted molar refractivity (Wildman–Crippen MR) is 68.1 cm³/mol. The van der Waals surface area contributed by atoms with Crippen LogP contribution in [0.15, 0.2) is 22.7 Å². The summed E-state index contributed by atoms with van der Waals surface area (Å²) in [6.07, 6.45) is -4.60. The number of hydrogen-bond donors (Lipinski definition) is 1. The van der Waals surface area contributed by atoms with Crippen molar-refractivity contribution < 1.29 is 17.6 Å². The van der Waals surface area contributed by atoms with E-state index in [1.54, 1.807) is 0 Å². The van der Waals surface area contributed by atoms with E-state index in [0.29, 0.717) is 4.47 Å². The Hall–Kier alpha value is -0.990. The molecule has 2 aromatic rings. The Labute approximate surface area is 118 Å². The summed E-state index contributed by atoms with van der Waals surface area (Å²) in [6.45, 7) is -0.293. The molecule has 2 N–H and O–H groups in total. The summed E-state index contributed by atoms with van der Waals surface area (Å²) in [4.78, 5) is 3.37. The van der Waals surface area contributed by atoms with Crippen LogP contribution in [0.1, 0.15) is 10.6 Å². The van der Waals surface area contributed by atoms with Gasteiger partial charge in [0.2, 0.25) is 0 Å². The van der Waals surface area contributed by atoms with E-state index in [2.05, 4.69) is 20.9 Å². The van der Waals surface area contributed by atoms with Crippen LogP contribution in [0.4, 0.5) is 17.6 Å². The molecule has 0 atom stereocenters. The zero-order valence-corrected chi connectivity index (χ0v) is 11.7. The number of nitrogens with zero attached hydrogens (tertiary/aromatic N) is 1. The van der Waals surface area contributed by atoms with E-state index < -0.39 is 17.7 Å². The first-order chi connectivity index (χ1) is 8.84. The monoisotopic (exact) mass is 354 g/mol. The smallest absolute Gasteiger partial charge is 0.326 e. The SMILES string of the molecule is NCc1sc(-c2c(F)cccc2Br)nc1C(F)(F)F. The second-order valence-electron chi connectivity index (χ2n) is 3.59. The lowest BCUT2D eigenvalue weighted by Gasteiger charge is -2.04. The maximum Gasteiger partial charge on any atom is 0.434 e. The Bertz CT molecular complexity index is 589. The molecule has 2 nitrogen and oxygen atoms in total. The van der Waals surface area contributed by atoms with E-state index in [0.717, 1.165) is 17.4 Å². The number of aromatic nitrogens is 1. The van der Waals surface area contributed by atoms with Gasteiger partial charge in [-0.15, -0.1) is 11.3 Å². The highest BCUT2D eigenvalue weighted by atomic mass is 79.9. The number of alkyl halides is 3. The van der Waals surface area contributed by atoms with Gasteiger partial charge in [0.05, 0.1) is 10.4 Å². The third kappa shape index (κ3) is 2.80. The van der Waals surface area contributed by atoms with E-state index >= 15 is 0 Å². The lowest BCUT2D eigenvalue weighted by atomic mass is 10.2. The Balaban J connectivity index is 2.62. The van der Waals surface area contributed by atoms with Crippen LogP contribution < -0.4 is 5.73 Å². The highest BCUT2D eigenvalue weighted by Gasteiger charge is 2.37. The number of hydrogen-bond acceptors (Lipinski definition) is 3. The number of nitrogens with two attached hydrogens (primary N) is 1. The molecule has 19 heavy (non-hydrogen) atoms. The van der Waals surface area contributed by atoms with Gasteiger partial charge in [0.25, 0.3) is 0 Å². The summed E-state index contributed by atoms with van der Waals surface area (Å²) in [5, 5.41) is -0.0437. The predicted octanol–water partition coefficient (Wildman–Crippen LogP) is 4.19. The minimum Gasteiger partial charge on any atom is -0.326 e. The lowest BCUT2D eigenvalue weighted by Crippen LogP contribution is -2.10. The number of benzene rings is 1. The zero-order chi connectivity index (χ0) is 14.2. The third-order valence-electron chi connectivity index (χ3n) is 2.33. The molecule has 1 aromatic heterocycles. The highest BCUT2D eigenvalue weighted by molar-refractivity contribution is 9.10. The van der Waals surface area contributed by atoms with Crippen LogP contribution in [0, 0.1) is 5.82 Å². The second-order valence-corrected chi connectivity index (χ2v) is 5.53. The van der Waals surface area contributed by atoms with Gasteiger partial charge < -0.3 is 5.73 Å². The van der Waals surface area contributed by atoms with E-state index in [4.69, 9.17) is 5.73 Å². The Morgan fingerprint density at radius 3 is 2.47 bits per heavy atom. The Morgan fingerprint density at radius 2 is 2.00 bits per heavy atom. The minimum absolute atomic E-state index is 0.0118. The largest absolute Gasteiger partial charge is 0.434 e. The van der Waals surface area contributed by atoms with E-state index in [1.807, 2.05) is 0 Å². The van der Waals surface area contributed by atoms with Crippen molar-refractivity contribution in [3.8, 4) is 10.6 Å². The molecule has 2 rings (SSSR count). The minimum atomic E-state index is -4.60. The molecule has 0 aliphatic heterocycles.